The van der Waals surface area contributed by atoms with Crippen LogP contribution in [0.3, 0.4) is 0 Å². The second kappa shape index (κ2) is 7.44. The number of benzene rings is 2. The minimum absolute atomic E-state index is 0.0486. The van der Waals surface area contributed by atoms with Gasteiger partial charge in [0.1, 0.15) is 11.8 Å². The monoisotopic (exact) mass is 453 g/mol. The first-order valence-electron chi connectivity index (χ1n) is 8.40. The molecular weight excluding hydrogens is 442 g/mol. The largest absolute Gasteiger partial charge is 0.463 e. The van der Waals surface area contributed by atoms with E-state index in [1.807, 2.05) is 0 Å². The average molecular weight is 454 g/mol. The van der Waals surface area contributed by atoms with E-state index in [2.05, 4.69) is 26.1 Å². The molecule has 4 aromatic rings. The van der Waals surface area contributed by atoms with Crippen molar-refractivity contribution in [3.8, 4) is 0 Å². The first-order valence-corrected chi connectivity index (χ1v) is 9.20. The smallest absolute Gasteiger partial charge is 0.269 e. The van der Waals surface area contributed by atoms with Gasteiger partial charge in [-0.3, -0.25) is 14.9 Å². The van der Waals surface area contributed by atoms with Crippen molar-refractivity contribution in [2.45, 2.75) is 6.92 Å². The highest BCUT2D eigenvalue weighted by Gasteiger charge is 2.16. The summed E-state index contributed by atoms with van der Waals surface area (Å²) in [6.07, 6.45) is 2.94. The van der Waals surface area contributed by atoms with Gasteiger partial charge in [-0.1, -0.05) is 21.1 Å². The van der Waals surface area contributed by atoms with E-state index in [9.17, 15) is 14.9 Å². The predicted molar refractivity (Wildman–Crippen MR) is 109 cm³/mol. The van der Waals surface area contributed by atoms with Crippen LogP contribution >= 0.6 is 15.9 Å². The van der Waals surface area contributed by atoms with Crippen LogP contribution in [0, 0.1) is 17.0 Å². The van der Waals surface area contributed by atoms with Gasteiger partial charge in [0.2, 0.25) is 11.7 Å². The van der Waals surface area contributed by atoms with Crippen molar-refractivity contribution in [2.75, 3.05) is 0 Å². The SMILES string of the molecule is Cc1nc(/C(=C\c2coc3ccc(Br)cc3c2=O)c2ccc([N+](=O)[O-])cc2)no1. The Morgan fingerprint density at radius 2 is 1.97 bits per heavy atom. The molecule has 0 amide bonds. The van der Waals surface area contributed by atoms with Gasteiger partial charge in [0.25, 0.3) is 5.69 Å². The van der Waals surface area contributed by atoms with Crippen molar-refractivity contribution in [2.24, 2.45) is 0 Å². The predicted octanol–water partition coefficient (Wildman–Crippen LogP) is 4.74. The summed E-state index contributed by atoms with van der Waals surface area (Å²) in [6.45, 7) is 1.64. The maximum absolute atomic E-state index is 12.9. The molecular formula is C20H12BrN3O5. The lowest BCUT2D eigenvalue weighted by Crippen LogP contribution is -2.05. The third kappa shape index (κ3) is 3.72. The van der Waals surface area contributed by atoms with Gasteiger partial charge in [-0.2, -0.15) is 4.98 Å². The molecule has 144 valence electrons. The van der Waals surface area contributed by atoms with Crippen LogP contribution in [-0.2, 0) is 0 Å². The Balaban J connectivity index is 1.90. The van der Waals surface area contributed by atoms with Crippen LogP contribution < -0.4 is 5.43 Å². The van der Waals surface area contributed by atoms with Crippen LogP contribution in [0.2, 0.25) is 0 Å². The molecule has 0 fully saturated rings. The van der Waals surface area contributed by atoms with E-state index in [-0.39, 0.29) is 22.5 Å². The van der Waals surface area contributed by atoms with Crippen molar-refractivity contribution in [1.29, 1.82) is 0 Å². The number of aromatic nitrogens is 2. The van der Waals surface area contributed by atoms with Gasteiger partial charge >= 0.3 is 0 Å². The summed E-state index contributed by atoms with van der Waals surface area (Å²) in [6, 6.07) is 11.0. The molecule has 8 nitrogen and oxygen atoms in total. The maximum Gasteiger partial charge on any atom is 0.269 e. The first-order chi connectivity index (χ1) is 13.9. The quantitative estimate of drug-likeness (QED) is 0.323. The minimum Gasteiger partial charge on any atom is -0.463 e. The second-order valence-corrected chi connectivity index (χ2v) is 7.08. The van der Waals surface area contributed by atoms with E-state index in [1.54, 1.807) is 43.3 Å². The number of rotatable bonds is 4. The summed E-state index contributed by atoms with van der Waals surface area (Å²) < 4.78 is 11.4. The van der Waals surface area contributed by atoms with Gasteiger partial charge in [-0.25, -0.2) is 0 Å². The van der Waals surface area contributed by atoms with Gasteiger partial charge in [-0.05, 0) is 42.0 Å². The lowest BCUT2D eigenvalue weighted by Gasteiger charge is -2.05. The third-order valence-corrected chi connectivity index (χ3v) is 4.71. The fraction of sp³-hybridized carbons (Fsp3) is 0.0500. The summed E-state index contributed by atoms with van der Waals surface area (Å²) in [5.74, 6) is 0.604. The number of nitrogens with zero attached hydrogens (tertiary/aromatic N) is 3. The normalized spacial score (nSPS) is 11.7. The molecule has 2 aromatic carbocycles. The van der Waals surface area contributed by atoms with Gasteiger partial charge < -0.3 is 8.94 Å². The topological polar surface area (TPSA) is 112 Å². The molecule has 2 aromatic heterocycles. The number of non-ortho nitro benzene ring substituents is 1. The van der Waals surface area contributed by atoms with Gasteiger partial charge in [0, 0.05) is 29.1 Å². The minimum atomic E-state index is -0.485. The number of nitro groups is 1. The van der Waals surface area contributed by atoms with Gasteiger partial charge in [0.05, 0.1) is 15.9 Å². The first kappa shape index (κ1) is 18.8. The fourth-order valence-electron chi connectivity index (χ4n) is 2.82. The highest BCUT2D eigenvalue weighted by Crippen LogP contribution is 2.26. The molecule has 0 N–H and O–H groups in total. The highest BCUT2D eigenvalue weighted by molar-refractivity contribution is 9.10. The number of aryl methyl sites for hydroxylation is 1. The molecule has 4 rings (SSSR count). The van der Waals surface area contributed by atoms with E-state index in [4.69, 9.17) is 8.94 Å². The molecule has 0 bridgehead atoms. The van der Waals surface area contributed by atoms with Crippen LogP contribution in [0.4, 0.5) is 5.69 Å². The van der Waals surface area contributed by atoms with Crippen molar-refractivity contribution < 1.29 is 13.9 Å². The molecule has 0 radical (unpaired) electrons. The molecule has 0 spiro atoms. The molecule has 29 heavy (non-hydrogen) atoms. The summed E-state index contributed by atoms with van der Waals surface area (Å²) in [5.41, 5.74) is 1.53. The number of hydrogen-bond donors (Lipinski definition) is 0. The molecule has 0 aliphatic rings. The van der Waals surface area contributed by atoms with Crippen molar-refractivity contribution >= 4 is 44.2 Å². The number of halogens is 1. The van der Waals surface area contributed by atoms with Crippen LogP contribution in [0.25, 0.3) is 22.6 Å². The van der Waals surface area contributed by atoms with E-state index in [1.165, 1.54) is 18.4 Å². The van der Waals surface area contributed by atoms with Crippen LogP contribution in [0.1, 0.15) is 22.8 Å². The summed E-state index contributed by atoms with van der Waals surface area (Å²) in [5, 5.41) is 15.3. The number of fused-ring (bicyclic) bond motifs is 1. The molecule has 0 aliphatic heterocycles. The van der Waals surface area contributed by atoms with Gasteiger partial charge in [-0.15, -0.1) is 0 Å². The molecule has 0 unspecified atom stereocenters. The third-order valence-electron chi connectivity index (χ3n) is 4.22. The molecule has 0 saturated carbocycles. The molecule has 0 saturated heterocycles. The Kier molecular flexibility index (Phi) is 4.81. The Bertz CT molecular complexity index is 1320. The molecule has 2 heterocycles. The molecule has 0 aliphatic carbocycles. The second-order valence-electron chi connectivity index (χ2n) is 6.16. The zero-order valence-electron chi connectivity index (χ0n) is 15.0. The van der Waals surface area contributed by atoms with Crippen molar-refractivity contribution in [1.82, 2.24) is 10.1 Å². The maximum atomic E-state index is 12.9. The summed E-state index contributed by atoms with van der Waals surface area (Å²) in [7, 11) is 0. The van der Waals surface area contributed by atoms with E-state index >= 15 is 0 Å². The molecule has 9 heteroatoms. The van der Waals surface area contributed by atoms with Gasteiger partial charge in [0.15, 0.2) is 5.43 Å². The van der Waals surface area contributed by atoms with Crippen LogP contribution in [0.5, 0.6) is 0 Å². The number of hydrogen-bond acceptors (Lipinski definition) is 7. The van der Waals surface area contributed by atoms with E-state index in [0.29, 0.717) is 28.0 Å². The zero-order chi connectivity index (χ0) is 20.5. The Labute approximate surface area is 171 Å². The van der Waals surface area contributed by atoms with Crippen molar-refractivity contribution in [3.63, 3.8) is 0 Å². The zero-order valence-corrected chi connectivity index (χ0v) is 16.5. The summed E-state index contributed by atoms with van der Waals surface area (Å²) in [4.78, 5) is 27.6. The lowest BCUT2D eigenvalue weighted by molar-refractivity contribution is -0.384. The lowest BCUT2D eigenvalue weighted by atomic mass is 10.0. The standard InChI is InChI=1S/C20H12BrN3O5/c1-11-22-20(23-29-11)16(12-2-5-15(6-3-12)24(26)27)8-13-10-28-18-7-4-14(21)9-17(18)19(13)25/h2-10H,1H3/b16-8-. The Morgan fingerprint density at radius 1 is 1.21 bits per heavy atom. The van der Waals surface area contributed by atoms with Crippen LogP contribution in [-0.4, -0.2) is 15.1 Å². The van der Waals surface area contributed by atoms with Crippen LogP contribution in [0.15, 0.2) is 66.9 Å². The summed E-state index contributed by atoms with van der Waals surface area (Å²) >= 11 is 3.35. The Hall–Kier alpha value is -3.59. The van der Waals surface area contributed by atoms with E-state index in [0.717, 1.165) is 4.47 Å². The Morgan fingerprint density at radius 3 is 2.62 bits per heavy atom. The molecule has 0 atom stereocenters. The highest BCUT2D eigenvalue weighted by atomic mass is 79.9. The fourth-order valence-corrected chi connectivity index (χ4v) is 3.18. The number of nitro benzene ring substituents is 1. The van der Waals surface area contributed by atoms with E-state index < -0.39 is 4.92 Å². The average Bonchev–Trinajstić information content (AvgIpc) is 3.14. The van der Waals surface area contributed by atoms with Crippen molar-refractivity contribution in [3.05, 3.63) is 96.4 Å².